The van der Waals surface area contributed by atoms with Gasteiger partial charge in [-0.15, -0.1) is 0 Å². The number of carbonyl (C=O) groups excluding carboxylic acids is 2. The topological polar surface area (TPSA) is 71.1 Å². The minimum Gasteiger partial charge on any atom is -0.298 e. The second kappa shape index (κ2) is 18.2. The van der Waals surface area contributed by atoms with Crippen LogP contribution >= 0.6 is 0 Å². The standard InChI is InChI=1S/C27H52O6/c1-8-9-10-11-14-17-20-23(25(29)31-33-27(5,6)7)21-18-15-12-13-16-19-22-24(28)30-32-26(2,3)4/h23H,8-22H2,1-7H3. The summed E-state index contributed by atoms with van der Waals surface area (Å²) in [6.45, 7) is 13.4. The van der Waals surface area contributed by atoms with Gasteiger partial charge in [0.1, 0.15) is 11.2 Å². The quantitative estimate of drug-likeness (QED) is 0.108. The third-order valence-electron chi connectivity index (χ3n) is 5.18. The molecule has 0 fully saturated rings. The van der Waals surface area contributed by atoms with Crippen LogP contribution in [0.2, 0.25) is 0 Å². The van der Waals surface area contributed by atoms with Gasteiger partial charge in [0, 0.05) is 6.42 Å². The zero-order valence-corrected chi connectivity index (χ0v) is 22.6. The molecule has 6 heteroatoms. The number of rotatable bonds is 19. The highest BCUT2D eigenvalue weighted by molar-refractivity contribution is 5.71. The molecular weight excluding hydrogens is 420 g/mol. The second-order valence-corrected chi connectivity index (χ2v) is 11.2. The van der Waals surface area contributed by atoms with Gasteiger partial charge in [-0.1, -0.05) is 77.6 Å². The third kappa shape index (κ3) is 22.4. The van der Waals surface area contributed by atoms with Gasteiger partial charge in [-0.2, -0.15) is 9.78 Å². The Labute approximate surface area is 203 Å². The van der Waals surface area contributed by atoms with E-state index in [1.165, 1.54) is 32.1 Å². The highest BCUT2D eigenvalue weighted by atomic mass is 17.2. The number of hydrogen-bond acceptors (Lipinski definition) is 6. The van der Waals surface area contributed by atoms with Crippen LogP contribution in [0.4, 0.5) is 0 Å². The Morgan fingerprint density at radius 1 is 0.606 bits per heavy atom. The monoisotopic (exact) mass is 472 g/mol. The Morgan fingerprint density at radius 2 is 1.03 bits per heavy atom. The molecule has 0 saturated heterocycles. The first-order valence-corrected chi connectivity index (χ1v) is 13.2. The van der Waals surface area contributed by atoms with Crippen LogP contribution in [0.1, 0.15) is 145 Å². The van der Waals surface area contributed by atoms with E-state index in [0.29, 0.717) is 6.42 Å². The summed E-state index contributed by atoms with van der Waals surface area (Å²) in [7, 11) is 0. The summed E-state index contributed by atoms with van der Waals surface area (Å²) >= 11 is 0. The maximum atomic E-state index is 12.5. The van der Waals surface area contributed by atoms with Gasteiger partial charge in [0.15, 0.2) is 0 Å². The molecule has 0 saturated carbocycles. The van der Waals surface area contributed by atoms with Crippen LogP contribution in [0.15, 0.2) is 0 Å². The van der Waals surface area contributed by atoms with Crippen LogP contribution in [-0.4, -0.2) is 23.1 Å². The molecule has 0 aromatic carbocycles. The van der Waals surface area contributed by atoms with Gasteiger partial charge in [0.2, 0.25) is 0 Å². The number of hydrogen-bond donors (Lipinski definition) is 0. The predicted octanol–water partition coefficient (Wildman–Crippen LogP) is 8.02. The predicted molar refractivity (Wildman–Crippen MR) is 132 cm³/mol. The Hall–Kier alpha value is -1.14. The normalized spacial score (nSPS) is 13.1. The summed E-state index contributed by atoms with van der Waals surface area (Å²) in [5.74, 6) is -0.621. The second-order valence-electron chi connectivity index (χ2n) is 11.2. The lowest BCUT2D eigenvalue weighted by molar-refractivity contribution is -0.323. The van der Waals surface area contributed by atoms with Crippen molar-refractivity contribution in [2.24, 2.45) is 5.92 Å². The molecule has 0 aliphatic carbocycles. The summed E-state index contributed by atoms with van der Waals surface area (Å²) in [5.41, 5.74) is -0.973. The van der Waals surface area contributed by atoms with E-state index >= 15 is 0 Å². The van der Waals surface area contributed by atoms with Crippen LogP contribution in [0.3, 0.4) is 0 Å². The van der Waals surface area contributed by atoms with Crippen LogP contribution in [-0.2, 0) is 29.1 Å². The molecule has 0 amide bonds. The molecule has 0 radical (unpaired) electrons. The van der Waals surface area contributed by atoms with Gasteiger partial charge < -0.3 is 0 Å². The average molecular weight is 473 g/mol. The Morgan fingerprint density at radius 3 is 1.52 bits per heavy atom. The van der Waals surface area contributed by atoms with E-state index in [1.807, 2.05) is 41.5 Å². The first-order valence-electron chi connectivity index (χ1n) is 13.2. The molecule has 0 aromatic rings. The van der Waals surface area contributed by atoms with Crippen LogP contribution in [0.25, 0.3) is 0 Å². The van der Waals surface area contributed by atoms with Crippen molar-refractivity contribution in [2.45, 2.75) is 156 Å². The van der Waals surface area contributed by atoms with Crippen molar-refractivity contribution in [3.05, 3.63) is 0 Å². The molecule has 6 nitrogen and oxygen atoms in total. The average Bonchev–Trinajstić information content (AvgIpc) is 2.72. The van der Waals surface area contributed by atoms with E-state index in [1.54, 1.807) is 0 Å². The summed E-state index contributed by atoms with van der Waals surface area (Å²) in [4.78, 5) is 44.4. The molecule has 1 atom stereocenters. The molecule has 0 aromatic heterocycles. The smallest absolute Gasteiger partial charge is 0.298 e. The number of carbonyl (C=O) groups is 2. The minimum absolute atomic E-state index is 0.0869. The Bertz CT molecular complexity index is 504. The molecule has 0 aliphatic heterocycles. The largest absolute Gasteiger partial charge is 0.345 e. The van der Waals surface area contributed by atoms with Gasteiger partial charge in [-0.05, 0) is 60.8 Å². The minimum atomic E-state index is -0.494. The maximum Gasteiger partial charge on any atom is 0.345 e. The highest BCUT2D eigenvalue weighted by Crippen LogP contribution is 2.22. The van der Waals surface area contributed by atoms with Crippen molar-refractivity contribution in [1.29, 1.82) is 0 Å². The first-order chi connectivity index (χ1) is 15.4. The lowest BCUT2D eigenvalue weighted by Crippen LogP contribution is -2.25. The van der Waals surface area contributed by atoms with Crippen LogP contribution < -0.4 is 0 Å². The SMILES string of the molecule is CCCCCCCCC(CCCCCCCCC(=O)OOC(C)(C)C)C(=O)OOC(C)(C)C. The van der Waals surface area contributed by atoms with E-state index in [2.05, 4.69) is 6.92 Å². The van der Waals surface area contributed by atoms with E-state index < -0.39 is 11.2 Å². The molecule has 0 bridgehead atoms. The fourth-order valence-corrected chi connectivity index (χ4v) is 3.37. The summed E-state index contributed by atoms with van der Waals surface area (Å²) in [6.07, 6.45) is 15.5. The van der Waals surface area contributed by atoms with Crippen LogP contribution in [0, 0.1) is 5.92 Å². The zero-order valence-electron chi connectivity index (χ0n) is 22.6. The van der Waals surface area contributed by atoms with Crippen molar-refractivity contribution in [3.8, 4) is 0 Å². The van der Waals surface area contributed by atoms with Crippen LogP contribution in [0.5, 0.6) is 0 Å². The fourth-order valence-electron chi connectivity index (χ4n) is 3.37. The molecular formula is C27H52O6. The van der Waals surface area contributed by atoms with E-state index in [-0.39, 0.29) is 17.9 Å². The van der Waals surface area contributed by atoms with Crippen molar-refractivity contribution in [2.75, 3.05) is 0 Å². The maximum absolute atomic E-state index is 12.5. The summed E-state index contributed by atoms with van der Waals surface area (Å²) in [6, 6.07) is 0. The summed E-state index contributed by atoms with van der Waals surface area (Å²) < 4.78 is 0. The highest BCUT2D eigenvalue weighted by Gasteiger charge is 2.23. The van der Waals surface area contributed by atoms with Crippen molar-refractivity contribution < 1.29 is 29.1 Å². The van der Waals surface area contributed by atoms with Gasteiger partial charge in [0.05, 0.1) is 5.92 Å². The lowest BCUT2D eigenvalue weighted by Gasteiger charge is -2.20. The van der Waals surface area contributed by atoms with E-state index in [4.69, 9.17) is 19.6 Å². The van der Waals surface area contributed by atoms with Gasteiger partial charge in [-0.3, -0.25) is 9.78 Å². The fraction of sp³-hybridized carbons (Fsp3) is 0.926. The molecule has 0 spiro atoms. The Kier molecular flexibility index (Phi) is 17.6. The van der Waals surface area contributed by atoms with Crippen molar-refractivity contribution >= 4 is 11.9 Å². The summed E-state index contributed by atoms with van der Waals surface area (Å²) in [5, 5.41) is 0. The molecule has 0 rings (SSSR count). The lowest BCUT2D eigenvalue weighted by atomic mass is 9.94. The molecule has 1 unspecified atom stereocenters. The zero-order chi connectivity index (χ0) is 25.2. The number of unbranched alkanes of at least 4 members (excludes halogenated alkanes) is 10. The first kappa shape index (κ1) is 31.9. The van der Waals surface area contributed by atoms with Crippen molar-refractivity contribution in [3.63, 3.8) is 0 Å². The van der Waals surface area contributed by atoms with Crippen molar-refractivity contribution in [1.82, 2.24) is 0 Å². The molecule has 0 heterocycles. The third-order valence-corrected chi connectivity index (χ3v) is 5.18. The van der Waals surface area contributed by atoms with Gasteiger partial charge in [-0.25, -0.2) is 9.59 Å². The molecule has 0 aliphatic rings. The molecule has 33 heavy (non-hydrogen) atoms. The van der Waals surface area contributed by atoms with E-state index in [9.17, 15) is 9.59 Å². The van der Waals surface area contributed by atoms with Gasteiger partial charge in [0.25, 0.3) is 0 Å². The van der Waals surface area contributed by atoms with Gasteiger partial charge >= 0.3 is 11.9 Å². The Balaban J connectivity index is 4.07. The van der Waals surface area contributed by atoms with E-state index in [0.717, 1.165) is 57.8 Å². The molecule has 196 valence electrons. The molecule has 0 N–H and O–H groups in total.